The highest BCUT2D eigenvalue weighted by Crippen LogP contribution is 2.64. The van der Waals surface area contributed by atoms with Crippen molar-refractivity contribution in [1.82, 2.24) is 9.97 Å². The molecule has 5 rings (SSSR count). The normalized spacial score (nSPS) is 40.5. The van der Waals surface area contributed by atoms with Gasteiger partial charge in [-0.1, -0.05) is 6.92 Å². The number of anilines is 1. The minimum atomic E-state index is 0.0549. The zero-order valence-corrected chi connectivity index (χ0v) is 19.4. The Bertz CT molecular complexity index is 881. The summed E-state index contributed by atoms with van der Waals surface area (Å²) in [6.45, 7) is 3.32. The van der Waals surface area contributed by atoms with Crippen LogP contribution >= 0.6 is 0 Å². The summed E-state index contributed by atoms with van der Waals surface area (Å²) in [4.78, 5) is 21.3. The van der Waals surface area contributed by atoms with Crippen LogP contribution in [0.2, 0.25) is 0 Å². The van der Waals surface area contributed by atoms with Crippen LogP contribution in [0.3, 0.4) is 0 Å². The van der Waals surface area contributed by atoms with Crippen LogP contribution < -0.4 is 5.32 Å². The number of rotatable bonds is 4. The molecule has 1 amide bonds. The molecular weight excluding hydrogens is 400 g/mol. The van der Waals surface area contributed by atoms with E-state index >= 15 is 0 Å². The fraction of sp³-hybridized carbons (Fsp3) is 0.769. The number of amides is 1. The van der Waals surface area contributed by atoms with Crippen LogP contribution in [0.4, 0.5) is 5.69 Å². The van der Waals surface area contributed by atoms with Gasteiger partial charge in [0.1, 0.15) is 6.07 Å². The van der Waals surface area contributed by atoms with Crippen LogP contribution in [0.25, 0.3) is 0 Å². The smallest absolute Gasteiger partial charge is 0.232 e. The molecule has 6 heteroatoms. The number of fused-ring (bicyclic) bond motifs is 5. The van der Waals surface area contributed by atoms with Gasteiger partial charge in [-0.2, -0.15) is 5.26 Å². The maximum absolute atomic E-state index is 13.3. The van der Waals surface area contributed by atoms with Gasteiger partial charge in [-0.05, 0) is 98.7 Å². The molecule has 8 atom stereocenters. The van der Waals surface area contributed by atoms with E-state index in [1.54, 1.807) is 0 Å². The largest absolute Gasteiger partial charge is 0.384 e. The number of carbonyl (C=O) groups is 1. The van der Waals surface area contributed by atoms with Crippen molar-refractivity contribution in [3.8, 4) is 6.07 Å². The highest BCUT2D eigenvalue weighted by Gasteiger charge is 2.58. The van der Waals surface area contributed by atoms with Crippen molar-refractivity contribution in [2.24, 2.45) is 46.8 Å². The Morgan fingerprint density at radius 1 is 1.12 bits per heavy atom. The highest BCUT2D eigenvalue weighted by atomic mass is 16.5. The molecule has 0 saturated heterocycles. The van der Waals surface area contributed by atoms with Crippen molar-refractivity contribution in [3.05, 3.63) is 18.2 Å². The summed E-state index contributed by atoms with van der Waals surface area (Å²) >= 11 is 0. The van der Waals surface area contributed by atoms with E-state index in [0.29, 0.717) is 11.6 Å². The fourth-order valence-electron chi connectivity index (χ4n) is 8.45. The molecule has 1 aromatic rings. The van der Waals surface area contributed by atoms with Gasteiger partial charge < -0.3 is 10.1 Å². The summed E-state index contributed by atoms with van der Waals surface area (Å²) < 4.78 is 5.47. The predicted octanol–water partition coefficient (Wildman–Crippen LogP) is 4.82. The van der Waals surface area contributed by atoms with Crippen molar-refractivity contribution in [2.45, 2.75) is 64.7 Å². The molecule has 0 radical (unpaired) electrons. The Morgan fingerprint density at radius 3 is 2.66 bits per heavy atom. The number of nitriles is 1. The lowest BCUT2D eigenvalue weighted by Gasteiger charge is -2.56. The standard InChI is InChI=1S/C26H36N4O2/c1-26-10-9-20-19-5-3-16(15-32-2)11-17(19)4-6-21(20)22(26)7-8-23(26)25(31)30-18-13-28-24(12-27)29-14-18/h13-14,16-17,19-23H,3-11,15H2,1-2H3,(H,30,31). The van der Waals surface area contributed by atoms with Gasteiger partial charge in [-0.15, -0.1) is 0 Å². The van der Waals surface area contributed by atoms with Gasteiger partial charge in [-0.25, -0.2) is 9.97 Å². The molecule has 8 unspecified atom stereocenters. The summed E-state index contributed by atoms with van der Waals surface area (Å²) in [6.07, 6.45) is 14.5. The zero-order valence-electron chi connectivity index (χ0n) is 19.4. The van der Waals surface area contributed by atoms with Crippen molar-refractivity contribution in [1.29, 1.82) is 5.26 Å². The summed E-state index contributed by atoms with van der Waals surface area (Å²) in [5.74, 6) is 5.18. The highest BCUT2D eigenvalue weighted by molar-refractivity contribution is 5.93. The lowest BCUT2D eigenvalue weighted by molar-refractivity contribution is -0.127. The number of carbonyl (C=O) groups excluding carboxylic acids is 1. The second-order valence-electron chi connectivity index (χ2n) is 11.1. The van der Waals surface area contributed by atoms with Crippen molar-refractivity contribution < 1.29 is 9.53 Å². The van der Waals surface area contributed by atoms with Gasteiger partial charge in [0.2, 0.25) is 11.7 Å². The second kappa shape index (κ2) is 8.74. The quantitative estimate of drug-likeness (QED) is 0.731. The molecule has 0 bridgehead atoms. The van der Waals surface area contributed by atoms with Crippen LogP contribution in [0.5, 0.6) is 0 Å². The van der Waals surface area contributed by atoms with Gasteiger partial charge >= 0.3 is 0 Å². The Labute approximate surface area is 191 Å². The first kappa shape index (κ1) is 21.8. The number of aromatic nitrogens is 2. The lowest BCUT2D eigenvalue weighted by atomic mass is 9.49. The van der Waals surface area contributed by atoms with Gasteiger partial charge in [0.15, 0.2) is 0 Å². The van der Waals surface area contributed by atoms with Gasteiger partial charge in [0, 0.05) is 19.6 Å². The summed E-state index contributed by atoms with van der Waals surface area (Å²) in [5.41, 5.74) is 0.682. The molecule has 0 aromatic carbocycles. The van der Waals surface area contributed by atoms with Gasteiger partial charge in [0.25, 0.3) is 0 Å². The van der Waals surface area contributed by atoms with Crippen molar-refractivity contribution in [2.75, 3.05) is 19.0 Å². The molecule has 4 fully saturated rings. The number of nitrogens with zero attached hydrogens (tertiary/aromatic N) is 3. The average molecular weight is 437 g/mol. The molecule has 0 spiro atoms. The fourth-order valence-corrected chi connectivity index (χ4v) is 8.45. The molecule has 1 aromatic heterocycles. The maximum atomic E-state index is 13.3. The summed E-state index contributed by atoms with van der Waals surface area (Å²) in [6, 6.07) is 1.92. The predicted molar refractivity (Wildman–Crippen MR) is 121 cm³/mol. The molecule has 6 nitrogen and oxygen atoms in total. The molecule has 172 valence electrons. The molecule has 1 heterocycles. The van der Waals surface area contributed by atoms with Crippen LogP contribution in [-0.2, 0) is 9.53 Å². The second-order valence-corrected chi connectivity index (χ2v) is 11.1. The topological polar surface area (TPSA) is 87.9 Å². The summed E-state index contributed by atoms with van der Waals surface area (Å²) in [5, 5.41) is 11.9. The molecule has 1 N–H and O–H groups in total. The molecular formula is C26H36N4O2. The summed E-state index contributed by atoms with van der Waals surface area (Å²) in [7, 11) is 1.84. The first-order valence-corrected chi connectivity index (χ1v) is 12.6. The number of hydrogen-bond acceptors (Lipinski definition) is 5. The SMILES string of the molecule is COCC1CCC2C(CCC3C2CCC2(C)C(C(=O)Nc4cnc(C#N)nc4)CCC32)C1. The minimum Gasteiger partial charge on any atom is -0.384 e. The number of nitrogens with one attached hydrogen (secondary N) is 1. The Kier molecular flexibility index (Phi) is 5.96. The van der Waals surface area contributed by atoms with E-state index < -0.39 is 0 Å². The van der Waals surface area contributed by atoms with E-state index in [0.717, 1.165) is 42.6 Å². The van der Waals surface area contributed by atoms with Crippen LogP contribution in [-0.4, -0.2) is 29.6 Å². The van der Waals surface area contributed by atoms with Crippen LogP contribution in [0, 0.1) is 58.2 Å². The molecule has 4 aliphatic carbocycles. The third-order valence-electron chi connectivity index (χ3n) is 9.80. The third-order valence-corrected chi connectivity index (χ3v) is 9.80. The average Bonchev–Trinajstić information content (AvgIpc) is 3.17. The molecule has 4 aliphatic rings. The molecule has 32 heavy (non-hydrogen) atoms. The number of methoxy groups -OCH3 is 1. The number of ether oxygens (including phenoxy) is 1. The van der Waals surface area contributed by atoms with E-state index in [9.17, 15) is 4.79 Å². The Balaban J connectivity index is 1.26. The van der Waals surface area contributed by atoms with E-state index in [4.69, 9.17) is 10.00 Å². The maximum Gasteiger partial charge on any atom is 0.232 e. The molecule has 0 aliphatic heterocycles. The van der Waals surface area contributed by atoms with E-state index in [-0.39, 0.29) is 23.1 Å². The Hall–Kier alpha value is -2.00. The van der Waals surface area contributed by atoms with Gasteiger partial charge in [0.05, 0.1) is 18.1 Å². The van der Waals surface area contributed by atoms with Gasteiger partial charge in [-0.3, -0.25) is 4.79 Å². The van der Waals surface area contributed by atoms with Crippen molar-refractivity contribution >= 4 is 11.6 Å². The zero-order chi connectivity index (χ0) is 22.3. The molecule has 4 saturated carbocycles. The van der Waals surface area contributed by atoms with E-state index in [1.807, 2.05) is 13.2 Å². The van der Waals surface area contributed by atoms with E-state index in [1.165, 1.54) is 63.8 Å². The third kappa shape index (κ3) is 3.73. The minimum absolute atomic E-state index is 0.0549. The van der Waals surface area contributed by atoms with E-state index in [2.05, 4.69) is 22.2 Å². The van der Waals surface area contributed by atoms with Crippen LogP contribution in [0.15, 0.2) is 12.4 Å². The monoisotopic (exact) mass is 436 g/mol. The first-order valence-electron chi connectivity index (χ1n) is 12.6. The number of hydrogen-bond donors (Lipinski definition) is 1. The van der Waals surface area contributed by atoms with Crippen LogP contribution in [0.1, 0.15) is 70.5 Å². The Morgan fingerprint density at radius 2 is 1.91 bits per heavy atom. The van der Waals surface area contributed by atoms with Crippen molar-refractivity contribution in [3.63, 3.8) is 0 Å². The lowest BCUT2D eigenvalue weighted by Crippen LogP contribution is -2.50. The first-order chi connectivity index (χ1) is 15.5.